The maximum absolute atomic E-state index is 12.0. The third-order valence-electron chi connectivity index (χ3n) is 2.89. The largest absolute Gasteiger partial charge is 0.398 e. The molecule has 0 fully saturated rings. The molecule has 0 bridgehead atoms. The van der Waals surface area contributed by atoms with Gasteiger partial charge in [-0.2, -0.15) is 0 Å². The molecule has 21 heavy (non-hydrogen) atoms. The Labute approximate surface area is 125 Å². The first kappa shape index (κ1) is 14.8. The monoisotopic (exact) mass is 305 g/mol. The van der Waals surface area contributed by atoms with Crippen molar-refractivity contribution < 1.29 is 9.72 Å². The van der Waals surface area contributed by atoms with Gasteiger partial charge in [-0.15, -0.1) is 0 Å². The molecule has 3 N–H and O–H groups in total. The molecule has 108 valence electrons. The predicted octanol–water partition coefficient (Wildman–Crippen LogP) is 2.76. The molecule has 0 atom stereocenters. The summed E-state index contributed by atoms with van der Waals surface area (Å²) in [4.78, 5) is 22.1. The summed E-state index contributed by atoms with van der Waals surface area (Å²) in [6, 6.07) is 10.8. The Balaban J connectivity index is 2.08. The highest BCUT2D eigenvalue weighted by molar-refractivity contribution is 6.31. The number of anilines is 1. The van der Waals surface area contributed by atoms with Crippen LogP contribution in [0.2, 0.25) is 5.02 Å². The molecule has 0 unspecified atom stereocenters. The summed E-state index contributed by atoms with van der Waals surface area (Å²) in [6.07, 6.45) is 0. The molecule has 0 aromatic heterocycles. The van der Waals surface area contributed by atoms with Crippen molar-refractivity contribution in [1.82, 2.24) is 5.32 Å². The zero-order valence-corrected chi connectivity index (χ0v) is 11.6. The molecule has 2 aromatic rings. The van der Waals surface area contributed by atoms with E-state index in [-0.39, 0.29) is 23.2 Å². The maximum Gasteiger partial charge on any atom is 0.270 e. The minimum atomic E-state index is -0.529. The second kappa shape index (κ2) is 6.23. The van der Waals surface area contributed by atoms with Crippen molar-refractivity contribution in [3.63, 3.8) is 0 Å². The molecular formula is C14H12ClN3O3. The number of para-hydroxylation sites is 1. The summed E-state index contributed by atoms with van der Waals surface area (Å²) in [7, 11) is 0. The number of nitrogens with two attached hydrogens (primary N) is 1. The summed E-state index contributed by atoms with van der Waals surface area (Å²) < 4.78 is 0. The molecule has 2 aromatic carbocycles. The van der Waals surface area contributed by atoms with Gasteiger partial charge in [-0.3, -0.25) is 14.9 Å². The van der Waals surface area contributed by atoms with Crippen molar-refractivity contribution in [2.24, 2.45) is 0 Å². The number of carbonyl (C=O) groups excluding carboxylic acids is 1. The number of carbonyl (C=O) groups is 1. The number of nitrogens with zero attached hydrogens (tertiary/aromatic N) is 1. The summed E-state index contributed by atoms with van der Waals surface area (Å²) in [5.74, 6) is -0.331. The number of nitro benzene ring substituents is 1. The Morgan fingerprint density at radius 2 is 2.00 bits per heavy atom. The van der Waals surface area contributed by atoms with Crippen LogP contribution < -0.4 is 11.1 Å². The van der Waals surface area contributed by atoms with Gasteiger partial charge in [-0.25, -0.2) is 0 Å². The van der Waals surface area contributed by atoms with Crippen LogP contribution >= 0.6 is 11.6 Å². The maximum atomic E-state index is 12.0. The van der Waals surface area contributed by atoms with E-state index in [1.165, 1.54) is 18.2 Å². The number of benzene rings is 2. The summed E-state index contributed by atoms with van der Waals surface area (Å²) in [5, 5.41) is 13.5. The molecule has 0 saturated heterocycles. The molecular weight excluding hydrogens is 294 g/mol. The summed E-state index contributed by atoms with van der Waals surface area (Å²) >= 11 is 5.95. The van der Waals surface area contributed by atoms with Gasteiger partial charge in [0.05, 0.1) is 15.5 Å². The Hall–Kier alpha value is -2.60. The zero-order chi connectivity index (χ0) is 15.4. The number of hydrogen-bond donors (Lipinski definition) is 2. The molecule has 0 aliphatic rings. The Bertz CT molecular complexity index is 704. The van der Waals surface area contributed by atoms with Gasteiger partial charge in [0.1, 0.15) is 0 Å². The Morgan fingerprint density at radius 3 is 2.62 bits per heavy atom. The average Bonchev–Trinajstić information content (AvgIpc) is 2.46. The molecule has 1 amide bonds. The van der Waals surface area contributed by atoms with Gasteiger partial charge in [-0.1, -0.05) is 23.7 Å². The molecule has 0 spiro atoms. The number of non-ortho nitro benzene ring substituents is 1. The van der Waals surface area contributed by atoms with Crippen molar-refractivity contribution in [1.29, 1.82) is 0 Å². The van der Waals surface area contributed by atoms with Gasteiger partial charge in [0.25, 0.3) is 11.6 Å². The lowest BCUT2D eigenvalue weighted by Crippen LogP contribution is -2.23. The van der Waals surface area contributed by atoms with Crippen LogP contribution in [-0.2, 0) is 6.54 Å². The number of hydrogen-bond acceptors (Lipinski definition) is 4. The zero-order valence-electron chi connectivity index (χ0n) is 10.9. The number of halogens is 1. The Kier molecular flexibility index (Phi) is 4.39. The van der Waals surface area contributed by atoms with Gasteiger partial charge in [0.2, 0.25) is 0 Å². The number of nitrogens with one attached hydrogen (secondary N) is 1. The fourth-order valence-corrected chi connectivity index (χ4v) is 2.01. The lowest BCUT2D eigenvalue weighted by atomic mass is 10.1. The van der Waals surface area contributed by atoms with E-state index in [4.69, 9.17) is 17.3 Å². The lowest BCUT2D eigenvalue weighted by molar-refractivity contribution is -0.384. The summed E-state index contributed by atoms with van der Waals surface area (Å²) in [5.41, 5.74) is 6.95. The second-order valence-corrected chi connectivity index (χ2v) is 4.71. The van der Waals surface area contributed by atoms with Crippen LogP contribution in [0.4, 0.5) is 11.4 Å². The van der Waals surface area contributed by atoms with Crippen molar-refractivity contribution in [2.75, 3.05) is 5.73 Å². The molecule has 6 nitrogen and oxygen atoms in total. The van der Waals surface area contributed by atoms with Crippen molar-refractivity contribution in [3.05, 3.63) is 68.7 Å². The smallest absolute Gasteiger partial charge is 0.270 e. The Morgan fingerprint density at radius 1 is 1.29 bits per heavy atom. The standard InChI is InChI=1S/C14H12ClN3O3/c15-12-7-10(18(20)21)6-5-9(12)8-17-14(19)11-3-1-2-4-13(11)16/h1-7H,8,16H2,(H,17,19). The van der Waals surface area contributed by atoms with Crippen LogP contribution in [0.3, 0.4) is 0 Å². The van der Waals surface area contributed by atoms with E-state index in [2.05, 4.69) is 5.32 Å². The van der Waals surface area contributed by atoms with Gasteiger partial charge < -0.3 is 11.1 Å². The van der Waals surface area contributed by atoms with E-state index in [1.54, 1.807) is 24.3 Å². The van der Waals surface area contributed by atoms with Crippen molar-refractivity contribution >= 4 is 28.9 Å². The van der Waals surface area contributed by atoms with Crippen LogP contribution in [0.25, 0.3) is 0 Å². The van der Waals surface area contributed by atoms with E-state index in [0.29, 0.717) is 16.8 Å². The topological polar surface area (TPSA) is 98.3 Å². The van der Waals surface area contributed by atoms with Gasteiger partial charge in [0.15, 0.2) is 0 Å². The SMILES string of the molecule is Nc1ccccc1C(=O)NCc1ccc([N+](=O)[O-])cc1Cl. The second-order valence-electron chi connectivity index (χ2n) is 4.30. The van der Waals surface area contributed by atoms with E-state index in [9.17, 15) is 14.9 Å². The fourth-order valence-electron chi connectivity index (χ4n) is 1.77. The number of nitro groups is 1. The highest BCUT2D eigenvalue weighted by atomic mass is 35.5. The van der Waals surface area contributed by atoms with E-state index in [1.807, 2.05) is 0 Å². The first-order valence-corrected chi connectivity index (χ1v) is 6.42. The van der Waals surface area contributed by atoms with Crippen LogP contribution in [-0.4, -0.2) is 10.8 Å². The first-order chi connectivity index (χ1) is 9.99. The molecule has 2 rings (SSSR count). The minimum Gasteiger partial charge on any atom is -0.398 e. The summed E-state index contributed by atoms with van der Waals surface area (Å²) in [6.45, 7) is 0.157. The van der Waals surface area contributed by atoms with Crippen LogP contribution in [0, 0.1) is 10.1 Å². The molecule has 0 radical (unpaired) electrons. The number of nitrogen functional groups attached to an aromatic ring is 1. The van der Waals surface area contributed by atoms with Crippen LogP contribution in [0.15, 0.2) is 42.5 Å². The molecule has 0 aliphatic heterocycles. The molecule has 7 heteroatoms. The molecule has 0 aliphatic carbocycles. The van der Waals surface area contributed by atoms with Gasteiger partial charge in [-0.05, 0) is 23.8 Å². The van der Waals surface area contributed by atoms with Gasteiger partial charge in [0, 0.05) is 24.4 Å². The van der Waals surface area contributed by atoms with Crippen LogP contribution in [0.1, 0.15) is 15.9 Å². The third kappa shape index (κ3) is 3.49. The van der Waals surface area contributed by atoms with Crippen molar-refractivity contribution in [2.45, 2.75) is 6.54 Å². The van der Waals surface area contributed by atoms with Crippen LogP contribution in [0.5, 0.6) is 0 Å². The fraction of sp³-hybridized carbons (Fsp3) is 0.0714. The molecule has 0 saturated carbocycles. The first-order valence-electron chi connectivity index (χ1n) is 6.04. The minimum absolute atomic E-state index is 0.0950. The normalized spacial score (nSPS) is 10.1. The van der Waals surface area contributed by atoms with E-state index < -0.39 is 4.92 Å². The average molecular weight is 306 g/mol. The molecule has 0 heterocycles. The highest BCUT2D eigenvalue weighted by Gasteiger charge is 2.12. The number of rotatable bonds is 4. The lowest BCUT2D eigenvalue weighted by Gasteiger charge is -2.08. The predicted molar refractivity (Wildman–Crippen MR) is 80.1 cm³/mol. The quantitative estimate of drug-likeness (QED) is 0.515. The number of amides is 1. The van der Waals surface area contributed by atoms with E-state index in [0.717, 1.165) is 0 Å². The van der Waals surface area contributed by atoms with Crippen molar-refractivity contribution in [3.8, 4) is 0 Å². The van der Waals surface area contributed by atoms with Gasteiger partial charge >= 0.3 is 0 Å². The highest BCUT2D eigenvalue weighted by Crippen LogP contribution is 2.22. The van der Waals surface area contributed by atoms with E-state index >= 15 is 0 Å². The third-order valence-corrected chi connectivity index (χ3v) is 3.24.